The minimum Gasteiger partial charge on any atom is -0.347 e. The van der Waals surface area contributed by atoms with Crippen LogP contribution in [0.3, 0.4) is 0 Å². The monoisotopic (exact) mass is 350 g/mol. The first-order chi connectivity index (χ1) is 12.8. The van der Waals surface area contributed by atoms with Crippen LogP contribution in [0.5, 0.6) is 0 Å². The number of piperidine rings is 1. The van der Waals surface area contributed by atoms with E-state index in [4.69, 9.17) is 9.97 Å². The van der Waals surface area contributed by atoms with Crippen molar-refractivity contribution in [1.29, 1.82) is 0 Å². The molecule has 8 heteroatoms. The van der Waals surface area contributed by atoms with Crippen molar-refractivity contribution in [2.45, 2.75) is 38.8 Å². The van der Waals surface area contributed by atoms with Crippen LogP contribution in [0.15, 0.2) is 37.1 Å². The number of aryl methyl sites for hydroxylation is 1. The molecule has 134 valence electrons. The summed E-state index contributed by atoms with van der Waals surface area (Å²) in [5.74, 6) is 2.11. The van der Waals surface area contributed by atoms with Gasteiger partial charge in [0.05, 0.1) is 12.4 Å². The van der Waals surface area contributed by atoms with Crippen LogP contribution in [0, 0.1) is 6.92 Å². The van der Waals surface area contributed by atoms with Gasteiger partial charge in [0, 0.05) is 42.6 Å². The predicted molar refractivity (Wildman–Crippen MR) is 97.7 cm³/mol. The first-order valence-corrected chi connectivity index (χ1v) is 8.89. The Morgan fingerprint density at radius 1 is 1.23 bits per heavy atom. The van der Waals surface area contributed by atoms with Gasteiger partial charge >= 0.3 is 0 Å². The number of H-pyrrole nitrogens is 1. The van der Waals surface area contributed by atoms with Crippen molar-refractivity contribution in [2.24, 2.45) is 0 Å². The quantitative estimate of drug-likeness (QED) is 0.730. The Hall–Kier alpha value is -2.87. The van der Waals surface area contributed by atoms with E-state index in [2.05, 4.69) is 30.2 Å². The zero-order chi connectivity index (χ0) is 17.8. The van der Waals surface area contributed by atoms with E-state index in [0.29, 0.717) is 5.95 Å². The number of anilines is 2. The molecule has 0 spiro atoms. The molecule has 0 aliphatic carbocycles. The van der Waals surface area contributed by atoms with Gasteiger partial charge in [-0.3, -0.25) is 4.90 Å². The van der Waals surface area contributed by atoms with Gasteiger partial charge in [-0.15, -0.1) is 0 Å². The van der Waals surface area contributed by atoms with Gasteiger partial charge in [-0.1, -0.05) is 6.42 Å². The van der Waals surface area contributed by atoms with Gasteiger partial charge in [0.25, 0.3) is 0 Å². The lowest BCUT2D eigenvalue weighted by atomic mass is 10.0. The summed E-state index contributed by atoms with van der Waals surface area (Å²) in [4.78, 5) is 27.6. The number of likely N-dealkylation sites (tertiary alicyclic amines) is 1. The molecule has 0 radical (unpaired) electrons. The number of rotatable bonds is 5. The fourth-order valence-corrected chi connectivity index (χ4v) is 3.35. The molecule has 1 aliphatic heterocycles. The molecule has 1 atom stereocenters. The number of nitrogens with one attached hydrogen (secondary N) is 2. The minimum absolute atomic E-state index is 0.198. The van der Waals surface area contributed by atoms with Crippen molar-refractivity contribution in [1.82, 2.24) is 34.8 Å². The summed E-state index contributed by atoms with van der Waals surface area (Å²) >= 11 is 0. The van der Waals surface area contributed by atoms with E-state index in [1.807, 2.05) is 19.2 Å². The first-order valence-electron chi connectivity index (χ1n) is 8.89. The zero-order valence-corrected chi connectivity index (χ0v) is 14.8. The third kappa shape index (κ3) is 3.85. The molecule has 1 fully saturated rings. The molecule has 2 N–H and O–H groups in total. The second-order valence-electron chi connectivity index (χ2n) is 6.51. The molecule has 26 heavy (non-hydrogen) atoms. The van der Waals surface area contributed by atoms with E-state index in [1.54, 1.807) is 24.8 Å². The van der Waals surface area contributed by atoms with Gasteiger partial charge in [-0.25, -0.2) is 24.9 Å². The standard InChI is InChI=1S/C18H22N8/c1-13-9-16(25-18-20-6-4-7-21-18)24-17(23-13)15-5-2-3-8-26(15)11-14-10-19-12-22-14/h4,6-7,9-10,12,15H,2-3,5,8,11H2,1H3,(H,19,22)(H,20,21,23,24,25)/t15-/m0/s1. The highest BCUT2D eigenvalue weighted by Gasteiger charge is 2.27. The Morgan fingerprint density at radius 2 is 2.12 bits per heavy atom. The molecule has 8 nitrogen and oxygen atoms in total. The summed E-state index contributed by atoms with van der Waals surface area (Å²) in [6.45, 7) is 3.85. The number of hydrogen-bond acceptors (Lipinski definition) is 7. The SMILES string of the molecule is Cc1cc(Nc2ncccn2)nc([C@@H]2CCCCN2Cc2cnc[nH]2)n1. The first kappa shape index (κ1) is 16.6. The lowest BCUT2D eigenvalue weighted by Crippen LogP contribution is -2.34. The Bertz CT molecular complexity index is 834. The van der Waals surface area contributed by atoms with Crippen molar-refractivity contribution in [3.05, 3.63) is 54.3 Å². The fourth-order valence-electron chi connectivity index (χ4n) is 3.35. The average Bonchev–Trinajstić information content (AvgIpc) is 3.16. The molecule has 0 aromatic carbocycles. The second-order valence-corrected chi connectivity index (χ2v) is 6.51. The number of hydrogen-bond donors (Lipinski definition) is 2. The number of aromatic amines is 1. The van der Waals surface area contributed by atoms with Crippen molar-refractivity contribution < 1.29 is 0 Å². The lowest BCUT2D eigenvalue weighted by molar-refractivity contribution is 0.132. The van der Waals surface area contributed by atoms with Gasteiger partial charge in [0.2, 0.25) is 5.95 Å². The molecule has 0 unspecified atom stereocenters. The largest absolute Gasteiger partial charge is 0.347 e. The van der Waals surface area contributed by atoms with E-state index in [-0.39, 0.29) is 6.04 Å². The number of imidazole rings is 1. The van der Waals surface area contributed by atoms with E-state index < -0.39 is 0 Å². The van der Waals surface area contributed by atoms with Crippen LogP contribution >= 0.6 is 0 Å². The van der Waals surface area contributed by atoms with Crippen LogP contribution in [0.4, 0.5) is 11.8 Å². The average molecular weight is 350 g/mol. The predicted octanol–water partition coefficient (Wildman–Crippen LogP) is 2.77. The molecule has 4 heterocycles. The zero-order valence-electron chi connectivity index (χ0n) is 14.8. The van der Waals surface area contributed by atoms with Crippen LogP contribution in [0.2, 0.25) is 0 Å². The van der Waals surface area contributed by atoms with Crippen LogP contribution in [0.25, 0.3) is 0 Å². The van der Waals surface area contributed by atoms with E-state index in [9.17, 15) is 0 Å². The van der Waals surface area contributed by atoms with Crippen molar-refractivity contribution >= 4 is 11.8 Å². The lowest BCUT2D eigenvalue weighted by Gasteiger charge is -2.34. The third-order valence-electron chi connectivity index (χ3n) is 4.52. The highest BCUT2D eigenvalue weighted by molar-refractivity contribution is 5.47. The van der Waals surface area contributed by atoms with Gasteiger partial charge in [0.1, 0.15) is 11.6 Å². The summed E-state index contributed by atoms with van der Waals surface area (Å²) in [5, 5.41) is 3.18. The molecular weight excluding hydrogens is 328 g/mol. The van der Waals surface area contributed by atoms with Gasteiger partial charge < -0.3 is 10.3 Å². The summed E-state index contributed by atoms with van der Waals surface area (Å²) in [5.41, 5.74) is 2.04. The Labute approximate surface area is 152 Å². The van der Waals surface area contributed by atoms with Crippen LogP contribution in [-0.4, -0.2) is 41.3 Å². The molecule has 4 rings (SSSR count). The topological polar surface area (TPSA) is 95.5 Å². The summed E-state index contributed by atoms with van der Waals surface area (Å²) in [6, 6.07) is 3.91. The Kier molecular flexibility index (Phi) is 4.83. The molecular formula is C18H22N8. The molecule has 1 aliphatic rings. The van der Waals surface area contributed by atoms with Crippen LogP contribution in [-0.2, 0) is 6.54 Å². The van der Waals surface area contributed by atoms with Gasteiger partial charge in [0.15, 0.2) is 0 Å². The third-order valence-corrected chi connectivity index (χ3v) is 4.52. The molecule has 0 saturated carbocycles. The molecule has 1 saturated heterocycles. The number of nitrogens with zero attached hydrogens (tertiary/aromatic N) is 6. The maximum Gasteiger partial charge on any atom is 0.228 e. The maximum absolute atomic E-state index is 4.76. The van der Waals surface area contributed by atoms with Crippen molar-refractivity contribution in [3.63, 3.8) is 0 Å². The van der Waals surface area contributed by atoms with Gasteiger partial charge in [-0.05, 0) is 32.4 Å². The molecule has 3 aromatic heterocycles. The Balaban J connectivity index is 1.58. The number of aromatic nitrogens is 6. The fraction of sp³-hybridized carbons (Fsp3) is 0.389. The normalized spacial score (nSPS) is 18.0. The minimum atomic E-state index is 0.198. The maximum atomic E-state index is 4.76. The summed E-state index contributed by atoms with van der Waals surface area (Å²) < 4.78 is 0. The summed E-state index contributed by atoms with van der Waals surface area (Å²) in [7, 11) is 0. The van der Waals surface area contributed by atoms with Crippen molar-refractivity contribution in [2.75, 3.05) is 11.9 Å². The van der Waals surface area contributed by atoms with Crippen LogP contribution < -0.4 is 5.32 Å². The molecule has 0 bridgehead atoms. The summed E-state index contributed by atoms with van der Waals surface area (Å²) in [6.07, 6.45) is 10.4. The Morgan fingerprint density at radius 3 is 2.92 bits per heavy atom. The van der Waals surface area contributed by atoms with E-state index >= 15 is 0 Å². The highest BCUT2D eigenvalue weighted by Crippen LogP contribution is 2.31. The molecule has 3 aromatic rings. The van der Waals surface area contributed by atoms with Crippen LogP contribution in [0.1, 0.15) is 42.5 Å². The smallest absolute Gasteiger partial charge is 0.228 e. The van der Waals surface area contributed by atoms with E-state index in [0.717, 1.165) is 42.5 Å². The van der Waals surface area contributed by atoms with Crippen molar-refractivity contribution in [3.8, 4) is 0 Å². The molecule has 0 amide bonds. The second kappa shape index (κ2) is 7.57. The highest BCUT2D eigenvalue weighted by atomic mass is 15.2. The van der Waals surface area contributed by atoms with E-state index in [1.165, 1.54) is 12.8 Å². The van der Waals surface area contributed by atoms with Gasteiger partial charge in [-0.2, -0.15) is 0 Å².